The molecule has 9 heteroatoms. The van der Waals surface area contributed by atoms with E-state index in [1.54, 1.807) is 56.8 Å². The zero-order valence-electron chi connectivity index (χ0n) is 19.0. The van der Waals surface area contributed by atoms with E-state index in [-0.39, 0.29) is 16.4 Å². The number of amides is 1. The molecule has 0 aliphatic heterocycles. The SMILES string of the molecule is COc1ccc(NS(=O)(=O)c2cc(C(=O)NCCCn3cnc4ccccc43)ccc2C)cc1. The van der Waals surface area contributed by atoms with Crippen LogP contribution >= 0.6 is 0 Å². The Hall–Kier alpha value is -3.85. The highest BCUT2D eigenvalue weighted by Gasteiger charge is 2.19. The predicted molar refractivity (Wildman–Crippen MR) is 132 cm³/mol. The van der Waals surface area contributed by atoms with Crippen molar-refractivity contribution in [3.05, 3.63) is 84.2 Å². The van der Waals surface area contributed by atoms with Gasteiger partial charge >= 0.3 is 0 Å². The zero-order chi connectivity index (χ0) is 24.1. The molecule has 0 aliphatic carbocycles. The summed E-state index contributed by atoms with van der Waals surface area (Å²) in [6.45, 7) is 2.85. The molecule has 0 unspecified atom stereocenters. The highest BCUT2D eigenvalue weighted by atomic mass is 32.2. The number of anilines is 1. The normalized spacial score (nSPS) is 11.4. The van der Waals surface area contributed by atoms with Crippen LogP contribution in [-0.4, -0.2) is 37.5 Å². The fourth-order valence-electron chi connectivity index (χ4n) is 3.64. The number of aryl methyl sites for hydroxylation is 2. The number of para-hydroxylation sites is 2. The van der Waals surface area contributed by atoms with Gasteiger partial charge in [-0.15, -0.1) is 0 Å². The molecule has 8 nitrogen and oxygen atoms in total. The fourth-order valence-corrected chi connectivity index (χ4v) is 4.97. The number of aromatic nitrogens is 2. The van der Waals surface area contributed by atoms with E-state index in [0.29, 0.717) is 36.5 Å². The molecule has 0 fully saturated rings. The Kier molecular flexibility index (Phi) is 6.83. The number of nitrogens with zero attached hydrogens (tertiary/aromatic N) is 2. The number of sulfonamides is 1. The van der Waals surface area contributed by atoms with Gasteiger partial charge < -0.3 is 14.6 Å². The average Bonchev–Trinajstić information content (AvgIpc) is 3.25. The summed E-state index contributed by atoms with van der Waals surface area (Å²) in [4.78, 5) is 17.1. The number of hydrogen-bond acceptors (Lipinski definition) is 5. The fraction of sp³-hybridized carbons (Fsp3) is 0.200. The smallest absolute Gasteiger partial charge is 0.262 e. The summed E-state index contributed by atoms with van der Waals surface area (Å²) in [5.41, 5.74) is 3.22. The molecule has 1 heterocycles. The number of hydrogen-bond donors (Lipinski definition) is 2. The van der Waals surface area contributed by atoms with E-state index in [0.717, 1.165) is 11.0 Å². The van der Waals surface area contributed by atoms with Gasteiger partial charge in [-0.25, -0.2) is 13.4 Å². The van der Waals surface area contributed by atoms with Gasteiger partial charge in [0.2, 0.25) is 0 Å². The number of rotatable bonds is 9. The van der Waals surface area contributed by atoms with Crippen molar-refractivity contribution in [1.82, 2.24) is 14.9 Å². The predicted octanol–water partition coefficient (Wildman–Crippen LogP) is 3.97. The highest BCUT2D eigenvalue weighted by molar-refractivity contribution is 7.92. The molecule has 0 spiro atoms. The van der Waals surface area contributed by atoms with Crippen molar-refractivity contribution in [2.45, 2.75) is 24.8 Å². The number of nitrogens with one attached hydrogen (secondary N) is 2. The molecular formula is C25H26N4O4S. The lowest BCUT2D eigenvalue weighted by Gasteiger charge is -2.13. The van der Waals surface area contributed by atoms with Crippen molar-refractivity contribution >= 4 is 32.7 Å². The van der Waals surface area contributed by atoms with Crippen molar-refractivity contribution < 1.29 is 17.9 Å². The first-order valence-corrected chi connectivity index (χ1v) is 12.3. The molecule has 0 radical (unpaired) electrons. The van der Waals surface area contributed by atoms with Crippen LogP contribution in [0.2, 0.25) is 0 Å². The van der Waals surface area contributed by atoms with Crippen molar-refractivity contribution in [3.8, 4) is 5.75 Å². The average molecular weight is 479 g/mol. The molecule has 0 bridgehead atoms. The number of carbonyl (C=O) groups excluding carboxylic acids is 1. The van der Waals surface area contributed by atoms with Crippen LogP contribution in [0.15, 0.2) is 78.0 Å². The molecular weight excluding hydrogens is 452 g/mol. The number of carbonyl (C=O) groups is 1. The Labute approximate surface area is 198 Å². The number of imidazole rings is 1. The summed E-state index contributed by atoms with van der Waals surface area (Å²) >= 11 is 0. The standard InChI is InChI=1S/C25H26N4O4S/c1-18-8-9-19(16-24(18)34(31,32)28-20-10-12-21(33-2)13-11-20)25(30)26-14-5-15-29-17-27-22-6-3-4-7-23(22)29/h3-4,6-13,16-17,28H,5,14-15H2,1-2H3,(H,26,30). The molecule has 0 saturated carbocycles. The maximum atomic E-state index is 13.0. The Morgan fingerprint density at radius 2 is 1.82 bits per heavy atom. The lowest BCUT2D eigenvalue weighted by Crippen LogP contribution is -2.25. The quantitative estimate of drug-likeness (QED) is 0.354. The molecule has 3 aromatic carbocycles. The van der Waals surface area contributed by atoms with Crippen molar-refractivity contribution in [1.29, 1.82) is 0 Å². The Balaban J connectivity index is 1.39. The van der Waals surface area contributed by atoms with Gasteiger partial charge in [0.15, 0.2) is 0 Å². The summed E-state index contributed by atoms with van der Waals surface area (Å²) < 4.78 is 35.6. The van der Waals surface area contributed by atoms with Crippen LogP contribution in [0.4, 0.5) is 5.69 Å². The first-order valence-electron chi connectivity index (χ1n) is 10.8. The van der Waals surface area contributed by atoms with Crippen LogP contribution in [0.1, 0.15) is 22.3 Å². The third kappa shape index (κ3) is 5.20. The minimum Gasteiger partial charge on any atom is -0.497 e. The van der Waals surface area contributed by atoms with Crippen LogP contribution in [0.5, 0.6) is 5.75 Å². The maximum absolute atomic E-state index is 13.0. The lowest BCUT2D eigenvalue weighted by atomic mass is 10.1. The second kappa shape index (κ2) is 9.96. The molecule has 0 saturated heterocycles. The van der Waals surface area contributed by atoms with Crippen LogP contribution in [0.25, 0.3) is 11.0 Å². The van der Waals surface area contributed by atoms with Crippen molar-refractivity contribution in [2.75, 3.05) is 18.4 Å². The molecule has 176 valence electrons. The first-order chi connectivity index (χ1) is 16.4. The first kappa shape index (κ1) is 23.3. The topological polar surface area (TPSA) is 102 Å². The van der Waals surface area contributed by atoms with Crippen LogP contribution in [-0.2, 0) is 16.6 Å². The number of fused-ring (bicyclic) bond motifs is 1. The largest absolute Gasteiger partial charge is 0.497 e. The van der Waals surface area contributed by atoms with E-state index >= 15 is 0 Å². The van der Waals surface area contributed by atoms with E-state index in [1.165, 1.54) is 6.07 Å². The second-order valence-electron chi connectivity index (χ2n) is 7.85. The van der Waals surface area contributed by atoms with Gasteiger partial charge in [0.1, 0.15) is 5.75 Å². The van der Waals surface area contributed by atoms with Crippen molar-refractivity contribution in [2.24, 2.45) is 0 Å². The molecule has 1 amide bonds. The van der Waals surface area contributed by atoms with Gasteiger partial charge in [-0.2, -0.15) is 0 Å². The van der Waals surface area contributed by atoms with E-state index in [2.05, 4.69) is 15.0 Å². The monoisotopic (exact) mass is 478 g/mol. The number of benzene rings is 3. The Morgan fingerprint density at radius 3 is 2.59 bits per heavy atom. The summed E-state index contributed by atoms with van der Waals surface area (Å²) in [6.07, 6.45) is 2.50. The van der Waals surface area contributed by atoms with Gasteiger partial charge in [-0.05, 0) is 67.4 Å². The van der Waals surface area contributed by atoms with Gasteiger partial charge in [0.05, 0.1) is 29.4 Å². The number of methoxy groups -OCH3 is 1. The van der Waals surface area contributed by atoms with Crippen LogP contribution in [0.3, 0.4) is 0 Å². The Morgan fingerprint density at radius 1 is 1.06 bits per heavy atom. The summed E-state index contributed by atoms with van der Waals surface area (Å²) in [6, 6.07) is 19.1. The third-order valence-corrected chi connectivity index (χ3v) is 6.99. The second-order valence-corrected chi connectivity index (χ2v) is 9.50. The molecule has 1 aromatic heterocycles. The molecule has 0 aliphatic rings. The molecule has 2 N–H and O–H groups in total. The van der Waals surface area contributed by atoms with E-state index < -0.39 is 10.0 Å². The third-order valence-electron chi connectivity index (χ3n) is 5.47. The van der Waals surface area contributed by atoms with Gasteiger partial charge in [0.25, 0.3) is 15.9 Å². The van der Waals surface area contributed by atoms with Crippen LogP contribution < -0.4 is 14.8 Å². The Bertz CT molecular complexity index is 1410. The highest BCUT2D eigenvalue weighted by Crippen LogP contribution is 2.22. The molecule has 0 atom stereocenters. The van der Waals surface area contributed by atoms with E-state index in [4.69, 9.17) is 4.74 Å². The van der Waals surface area contributed by atoms with Gasteiger partial charge in [0, 0.05) is 24.3 Å². The van der Waals surface area contributed by atoms with Crippen LogP contribution in [0, 0.1) is 6.92 Å². The maximum Gasteiger partial charge on any atom is 0.262 e. The molecule has 4 aromatic rings. The minimum absolute atomic E-state index is 0.0563. The van der Waals surface area contributed by atoms with E-state index in [1.807, 2.05) is 28.8 Å². The van der Waals surface area contributed by atoms with Gasteiger partial charge in [-0.1, -0.05) is 18.2 Å². The summed E-state index contributed by atoms with van der Waals surface area (Å²) in [5, 5.41) is 2.87. The minimum atomic E-state index is -3.88. The van der Waals surface area contributed by atoms with Gasteiger partial charge in [-0.3, -0.25) is 9.52 Å². The number of ether oxygens (including phenoxy) is 1. The molecule has 4 rings (SSSR count). The van der Waals surface area contributed by atoms with E-state index in [9.17, 15) is 13.2 Å². The zero-order valence-corrected chi connectivity index (χ0v) is 19.8. The summed E-state index contributed by atoms with van der Waals surface area (Å²) in [7, 11) is -2.34. The van der Waals surface area contributed by atoms with Crippen molar-refractivity contribution in [3.63, 3.8) is 0 Å². The summed E-state index contributed by atoms with van der Waals surface area (Å²) in [5.74, 6) is 0.301. The molecule has 34 heavy (non-hydrogen) atoms. The lowest BCUT2D eigenvalue weighted by molar-refractivity contribution is 0.0952.